The van der Waals surface area contributed by atoms with Crippen LogP contribution in [0.2, 0.25) is 0 Å². The molecule has 0 spiro atoms. The summed E-state index contributed by atoms with van der Waals surface area (Å²) >= 11 is 1.88. The minimum absolute atomic E-state index is 1.11. The topological polar surface area (TPSA) is 4.93 Å². The summed E-state index contributed by atoms with van der Waals surface area (Å²) in [4.78, 5) is 0. The molecular formula is C54H35NS. The molecule has 2 heteroatoms. The number of thiophene rings is 1. The predicted octanol–water partition coefficient (Wildman–Crippen LogP) is 15.6. The standard InChI is InChI=1S/C54H35NS/c1-3-15-36(16-4-1)38-29-31-51-49(34-38)45-23-9-7-21-43(45)44-22-8-10-24-46(44)50-35-39(37-17-5-2-6-18-37)30-32-52(50)55(51)41-20-13-19-40(33-41)42-26-14-27-48-47-25-11-12-28-53(47)56-54(42)48/h1-35H. The van der Waals surface area contributed by atoms with Gasteiger partial charge >= 0.3 is 0 Å². The Hall–Kier alpha value is -7.00. The van der Waals surface area contributed by atoms with Crippen LogP contribution in [0.25, 0.3) is 103 Å². The molecule has 11 rings (SSSR count). The summed E-state index contributed by atoms with van der Waals surface area (Å²) < 4.78 is 5.13. The lowest BCUT2D eigenvalue weighted by molar-refractivity contribution is 1.17. The lowest BCUT2D eigenvalue weighted by Crippen LogP contribution is -1.99. The fourth-order valence-electron chi connectivity index (χ4n) is 8.61. The Morgan fingerprint density at radius 1 is 0.286 bits per heavy atom. The van der Waals surface area contributed by atoms with Gasteiger partial charge in [0.2, 0.25) is 0 Å². The average molecular weight is 730 g/mol. The van der Waals surface area contributed by atoms with Crippen molar-refractivity contribution in [2.24, 2.45) is 0 Å². The van der Waals surface area contributed by atoms with Crippen molar-refractivity contribution in [1.82, 2.24) is 4.57 Å². The third kappa shape index (κ3) is 5.38. The van der Waals surface area contributed by atoms with Gasteiger partial charge in [-0.15, -0.1) is 11.3 Å². The van der Waals surface area contributed by atoms with E-state index in [1.54, 1.807) is 0 Å². The van der Waals surface area contributed by atoms with Crippen LogP contribution >= 0.6 is 11.3 Å². The van der Waals surface area contributed by atoms with Crippen molar-refractivity contribution in [3.05, 3.63) is 212 Å². The molecule has 9 aromatic carbocycles. The highest BCUT2D eigenvalue weighted by molar-refractivity contribution is 7.26. The third-order valence-corrected chi connectivity index (χ3v) is 12.5. The number of hydrogen-bond donors (Lipinski definition) is 0. The van der Waals surface area contributed by atoms with Crippen molar-refractivity contribution in [3.8, 4) is 39.1 Å². The van der Waals surface area contributed by atoms with Gasteiger partial charge in [-0.3, -0.25) is 0 Å². The van der Waals surface area contributed by atoms with Crippen molar-refractivity contribution in [2.75, 3.05) is 0 Å². The predicted molar refractivity (Wildman–Crippen MR) is 243 cm³/mol. The Bertz CT molecular complexity index is 3210. The van der Waals surface area contributed by atoms with Crippen LogP contribution in [0.3, 0.4) is 0 Å². The first-order valence-corrected chi connectivity index (χ1v) is 20.0. The van der Waals surface area contributed by atoms with E-state index < -0.39 is 0 Å². The molecule has 0 aliphatic heterocycles. The molecule has 0 saturated heterocycles. The highest BCUT2D eigenvalue weighted by Gasteiger charge is 2.15. The van der Waals surface area contributed by atoms with Crippen LogP contribution in [-0.2, 0) is 0 Å². The third-order valence-electron chi connectivity index (χ3n) is 11.2. The number of aromatic nitrogens is 1. The molecular weight excluding hydrogens is 695 g/mol. The van der Waals surface area contributed by atoms with Crippen molar-refractivity contribution < 1.29 is 0 Å². The molecule has 262 valence electrons. The number of benzene rings is 9. The first-order valence-electron chi connectivity index (χ1n) is 19.2. The van der Waals surface area contributed by atoms with Gasteiger partial charge in [-0.25, -0.2) is 0 Å². The van der Waals surface area contributed by atoms with Crippen LogP contribution < -0.4 is 0 Å². The minimum Gasteiger partial charge on any atom is -0.309 e. The van der Waals surface area contributed by atoms with Crippen LogP contribution in [0.5, 0.6) is 0 Å². The van der Waals surface area contributed by atoms with Crippen LogP contribution in [0, 0.1) is 0 Å². The molecule has 56 heavy (non-hydrogen) atoms. The smallest absolute Gasteiger partial charge is 0.0540 e. The Labute approximate surface area is 329 Å². The van der Waals surface area contributed by atoms with E-state index in [1.807, 2.05) is 11.3 Å². The van der Waals surface area contributed by atoms with E-state index in [0.717, 1.165) is 16.7 Å². The second kappa shape index (κ2) is 13.4. The zero-order valence-corrected chi connectivity index (χ0v) is 31.4. The van der Waals surface area contributed by atoms with Crippen LogP contribution in [0.15, 0.2) is 212 Å². The molecule has 0 bridgehead atoms. The summed E-state index contributed by atoms with van der Waals surface area (Å²) in [6.07, 6.45) is 0. The van der Waals surface area contributed by atoms with Gasteiger partial charge in [0, 0.05) is 36.6 Å². The summed E-state index contributed by atoms with van der Waals surface area (Å²) in [5.74, 6) is 0. The monoisotopic (exact) mass is 729 g/mol. The molecule has 0 aliphatic rings. The SMILES string of the molecule is c1ccc(-c2ccc3c(c2)c2ccccc2c2ccccc2c2cc(-c4ccccc4)ccc2n3-c2cccc(-c3cccc4c3sc3ccccc34)c2)cc1. The zero-order valence-electron chi connectivity index (χ0n) is 30.6. The number of fused-ring (bicyclic) bond motifs is 10. The van der Waals surface area contributed by atoms with E-state index >= 15 is 0 Å². The molecule has 0 atom stereocenters. The van der Waals surface area contributed by atoms with Gasteiger partial charge in [-0.2, -0.15) is 0 Å². The molecule has 0 N–H and O–H groups in total. The summed E-state index contributed by atoms with van der Waals surface area (Å²) in [5, 5.41) is 9.86. The Morgan fingerprint density at radius 2 is 0.750 bits per heavy atom. The van der Waals surface area contributed by atoms with E-state index in [1.165, 1.54) is 85.9 Å². The summed E-state index contributed by atoms with van der Waals surface area (Å²) in [7, 11) is 0. The van der Waals surface area contributed by atoms with E-state index in [-0.39, 0.29) is 0 Å². The van der Waals surface area contributed by atoms with Gasteiger partial charge in [-0.1, -0.05) is 170 Å². The van der Waals surface area contributed by atoms with Gasteiger partial charge in [0.25, 0.3) is 0 Å². The average Bonchev–Trinajstić information content (AvgIpc) is 3.67. The van der Waals surface area contributed by atoms with Gasteiger partial charge in [-0.05, 0) is 97.4 Å². The van der Waals surface area contributed by atoms with E-state index in [9.17, 15) is 0 Å². The molecule has 2 aromatic heterocycles. The maximum atomic E-state index is 2.50. The normalized spacial score (nSPS) is 11.6. The first-order chi connectivity index (χ1) is 27.8. The second-order valence-corrected chi connectivity index (χ2v) is 15.5. The molecule has 0 amide bonds. The number of hydrogen-bond acceptors (Lipinski definition) is 1. The maximum Gasteiger partial charge on any atom is 0.0540 e. The summed E-state index contributed by atoms with van der Waals surface area (Å²) in [6, 6.07) is 78.0. The number of rotatable bonds is 4. The molecule has 0 saturated carbocycles. The highest BCUT2D eigenvalue weighted by atomic mass is 32.1. The van der Waals surface area contributed by atoms with Crippen molar-refractivity contribution in [1.29, 1.82) is 0 Å². The molecule has 0 fully saturated rings. The highest BCUT2D eigenvalue weighted by Crippen LogP contribution is 2.42. The largest absolute Gasteiger partial charge is 0.309 e. The van der Waals surface area contributed by atoms with Gasteiger partial charge in [0.05, 0.1) is 11.0 Å². The van der Waals surface area contributed by atoms with Crippen molar-refractivity contribution >= 4 is 74.9 Å². The Morgan fingerprint density at radius 3 is 1.34 bits per heavy atom. The molecule has 0 aliphatic carbocycles. The fraction of sp³-hybridized carbons (Fsp3) is 0. The van der Waals surface area contributed by atoms with Crippen molar-refractivity contribution in [3.63, 3.8) is 0 Å². The van der Waals surface area contributed by atoms with E-state index in [4.69, 9.17) is 0 Å². The molecule has 0 radical (unpaired) electrons. The maximum absolute atomic E-state index is 2.50. The zero-order chi connectivity index (χ0) is 37.0. The first kappa shape index (κ1) is 32.4. The quantitative estimate of drug-likeness (QED) is 0.170. The molecule has 11 aromatic rings. The van der Waals surface area contributed by atoms with Crippen LogP contribution in [0.4, 0.5) is 0 Å². The Balaban J connectivity index is 1.32. The fourth-order valence-corrected chi connectivity index (χ4v) is 9.85. The second-order valence-electron chi connectivity index (χ2n) is 14.5. The van der Waals surface area contributed by atoms with E-state index in [2.05, 4.69) is 217 Å². The molecule has 0 unspecified atom stereocenters. The number of nitrogens with zero attached hydrogens (tertiary/aromatic N) is 1. The Kier molecular flexibility index (Phi) is 7.75. The lowest BCUT2D eigenvalue weighted by Gasteiger charge is -2.17. The summed E-state index contributed by atoms with van der Waals surface area (Å²) in [6.45, 7) is 0. The molecule has 1 nitrogen and oxygen atoms in total. The summed E-state index contributed by atoms with van der Waals surface area (Å²) in [5.41, 5.74) is 10.6. The van der Waals surface area contributed by atoms with Gasteiger partial charge < -0.3 is 4.57 Å². The van der Waals surface area contributed by atoms with Gasteiger partial charge in [0.1, 0.15) is 0 Å². The minimum atomic E-state index is 1.11. The van der Waals surface area contributed by atoms with Crippen LogP contribution in [-0.4, -0.2) is 4.57 Å². The lowest BCUT2D eigenvalue weighted by atomic mass is 9.98. The van der Waals surface area contributed by atoms with Crippen molar-refractivity contribution in [2.45, 2.75) is 0 Å². The van der Waals surface area contributed by atoms with Crippen LogP contribution in [0.1, 0.15) is 0 Å². The van der Waals surface area contributed by atoms with E-state index in [0.29, 0.717) is 0 Å². The molecule has 2 heterocycles. The van der Waals surface area contributed by atoms with Gasteiger partial charge in [0.15, 0.2) is 0 Å².